The molecule has 0 aliphatic carbocycles. The summed E-state index contributed by atoms with van der Waals surface area (Å²) in [5.74, 6) is -0.794. The highest BCUT2D eigenvalue weighted by Gasteiger charge is 2.30. The molecule has 1 heterocycles. The van der Waals surface area contributed by atoms with E-state index in [9.17, 15) is 22.8 Å². The van der Waals surface area contributed by atoms with Crippen LogP contribution in [0.3, 0.4) is 0 Å². The molecule has 0 saturated heterocycles. The van der Waals surface area contributed by atoms with Crippen molar-refractivity contribution in [3.63, 3.8) is 0 Å². The fourth-order valence-electron chi connectivity index (χ4n) is 3.51. The maximum atomic E-state index is 12.8. The molecule has 0 bridgehead atoms. The first-order valence-electron chi connectivity index (χ1n) is 11.6. The molecule has 2 aromatic carbocycles. The number of nitrogens with one attached hydrogen (secondary N) is 1. The van der Waals surface area contributed by atoms with Crippen molar-refractivity contribution in [1.29, 1.82) is 0 Å². The predicted octanol–water partition coefficient (Wildman–Crippen LogP) is 6.28. The summed E-state index contributed by atoms with van der Waals surface area (Å²) >= 11 is 0. The van der Waals surface area contributed by atoms with Crippen molar-refractivity contribution >= 4 is 11.9 Å². The molecular formula is C27H27F3N2O4. The molecule has 3 aromatic rings. The van der Waals surface area contributed by atoms with Crippen LogP contribution in [0.1, 0.15) is 60.2 Å². The lowest BCUT2D eigenvalue weighted by molar-refractivity contribution is -0.138. The average Bonchev–Trinajstić information content (AvgIpc) is 2.86. The molecule has 3 rings (SSSR count). The molecule has 190 valence electrons. The largest absolute Gasteiger partial charge is 0.486 e. The number of benzene rings is 2. The topological polar surface area (TPSA) is 88.5 Å². The van der Waals surface area contributed by atoms with Gasteiger partial charge >= 0.3 is 12.1 Å². The molecular weight excluding hydrogens is 473 g/mol. The lowest BCUT2D eigenvalue weighted by Crippen LogP contribution is -2.25. The number of unbranched alkanes of at least 4 members (excludes halogenated alkanes) is 1. The molecule has 0 aliphatic heterocycles. The van der Waals surface area contributed by atoms with E-state index in [0.29, 0.717) is 22.6 Å². The number of pyridine rings is 1. The van der Waals surface area contributed by atoms with Gasteiger partial charge in [0.1, 0.15) is 11.9 Å². The minimum Gasteiger partial charge on any atom is -0.486 e. The van der Waals surface area contributed by atoms with Crippen molar-refractivity contribution in [2.24, 2.45) is 0 Å². The molecule has 0 saturated carbocycles. The summed E-state index contributed by atoms with van der Waals surface area (Å²) in [6, 6.07) is 15.0. The van der Waals surface area contributed by atoms with E-state index in [2.05, 4.69) is 17.2 Å². The van der Waals surface area contributed by atoms with E-state index in [1.165, 1.54) is 12.1 Å². The van der Waals surface area contributed by atoms with Gasteiger partial charge in [-0.05, 0) is 55.3 Å². The maximum absolute atomic E-state index is 12.8. The summed E-state index contributed by atoms with van der Waals surface area (Å²) in [6.45, 7) is 2.11. The summed E-state index contributed by atoms with van der Waals surface area (Å²) in [7, 11) is 0. The second-order valence-corrected chi connectivity index (χ2v) is 8.22. The van der Waals surface area contributed by atoms with Crippen LogP contribution >= 0.6 is 0 Å². The Bertz CT molecular complexity index is 1150. The van der Waals surface area contributed by atoms with Crippen LogP contribution in [0.4, 0.5) is 13.2 Å². The average molecular weight is 501 g/mol. The van der Waals surface area contributed by atoms with E-state index in [4.69, 9.17) is 9.84 Å². The predicted molar refractivity (Wildman–Crippen MR) is 129 cm³/mol. The van der Waals surface area contributed by atoms with Crippen LogP contribution in [-0.4, -0.2) is 28.5 Å². The molecule has 6 nitrogen and oxygen atoms in total. The molecule has 0 spiro atoms. The Morgan fingerprint density at radius 1 is 1.03 bits per heavy atom. The molecule has 1 atom stereocenters. The molecule has 0 unspecified atom stereocenters. The first kappa shape index (κ1) is 26.7. The highest BCUT2D eigenvalue weighted by Crippen LogP contribution is 2.31. The number of hydrogen-bond acceptors (Lipinski definition) is 4. The standard InChI is InChI=1S/C27H27F3N2O4/c1-2-3-4-24(36-22-12-7-19(8-13-22)26(35)31-16-15-25(33)34)20-9-14-23(32-17-20)18-5-10-21(11-6-18)27(28,29)30/h5-14,17,24H,2-4,15-16H2,1H3,(H,31,35)(H,33,34)/t24-/m1/s1. The molecule has 9 heteroatoms. The number of nitrogens with zero attached hydrogens (tertiary/aromatic N) is 1. The zero-order chi connectivity index (χ0) is 26.1. The Balaban J connectivity index is 1.69. The van der Waals surface area contributed by atoms with Crippen LogP contribution in [0.5, 0.6) is 5.75 Å². The highest BCUT2D eigenvalue weighted by atomic mass is 19.4. The van der Waals surface area contributed by atoms with Crippen molar-refractivity contribution in [3.8, 4) is 17.0 Å². The van der Waals surface area contributed by atoms with Gasteiger partial charge in [-0.2, -0.15) is 13.2 Å². The number of carbonyl (C=O) groups excluding carboxylic acids is 1. The second kappa shape index (κ2) is 12.2. The summed E-state index contributed by atoms with van der Waals surface area (Å²) in [5.41, 5.74) is 1.65. The second-order valence-electron chi connectivity index (χ2n) is 8.22. The Hall–Kier alpha value is -3.88. The van der Waals surface area contributed by atoms with Crippen LogP contribution in [0.2, 0.25) is 0 Å². The Morgan fingerprint density at radius 2 is 1.72 bits per heavy atom. The van der Waals surface area contributed by atoms with Crippen molar-refractivity contribution in [2.75, 3.05) is 6.54 Å². The Morgan fingerprint density at radius 3 is 2.28 bits per heavy atom. The quantitative estimate of drug-likeness (QED) is 0.323. The minimum absolute atomic E-state index is 0.0426. The third-order valence-electron chi connectivity index (χ3n) is 5.51. The number of hydrogen-bond donors (Lipinski definition) is 2. The van der Waals surface area contributed by atoms with Crippen molar-refractivity contribution in [3.05, 3.63) is 83.6 Å². The highest BCUT2D eigenvalue weighted by molar-refractivity contribution is 5.94. The van der Waals surface area contributed by atoms with Crippen LogP contribution < -0.4 is 10.1 Å². The number of rotatable bonds is 11. The van der Waals surface area contributed by atoms with E-state index in [1.807, 2.05) is 6.07 Å². The van der Waals surface area contributed by atoms with Crippen molar-refractivity contribution < 1.29 is 32.6 Å². The lowest BCUT2D eigenvalue weighted by Gasteiger charge is -2.20. The lowest BCUT2D eigenvalue weighted by atomic mass is 10.0. The van der Waals surface area contributed by atoms with Gasteiger partial charge in [-0.1, -0.05) is 31.5 Å². The molecule has 0 fully saturated rings. The Labute approximate surface area is 207 Å². The molecule has 0 aliphatic rings. The van der Waals surface area contributed by atoms with E-state index in [1.54, 1.807) is 36.5 Å². The number of carboxylic acids is 1. The van der Waals surface area contributed by atoms with Gasteiger partial charge in [0, 0.05) is 29.4 Å². The zero-order valence-corrected chi connectivity index (χ0v) is 19.7. The summed E-state index contributed by atoms with van der Waals surface area (Å²) in [6.07, 6.45) is -0.566. The Kier molecular flexibility index (Phi) is 9.05. The number of ether oxygens (including phenoxy) is 1. The number of halogens is 3. The smallest absolute Gasteiger partial charge is 0.416 e. The maximum Gasteiger partial charge on any atom is 0.416 e. The van der Waals surface area contributed by atoms with Crippen molar-refractivity contribution in [1.82, 2.24) is 10.3 Å². The molecule has 2 N–H and O–H groups in total. The number of carbonyl (C=O) groups is 2. The van der Waals surface area contributed by atoms with Gasteiger partial charge in [0.25, 0.3) is 5.91 Å². The fourth-order valence-corrected chi connectivity index (χ4v) is 3.51. The molecule has 36 heavy (non-hydrogen) atoms. The zero-order valence-electron chi connectivity index (χ0n) is 19.7. The molecule has 0 radical (unpaired) electrons. The summed E-state index contributed by atoms with van der Waals surface area (Å²) in [4.78, 5) is 27.1. The van der Waals surface area contributed by atoms with Crippen LogP contribution in [0.15, 0.2) is 66.9 Å². The van der Waals surface area contributed by atoms with E-state index < -0.39 is 17.7 Å². The van der Waals surface area contributed by atoms with Gasteiger partial charge in [-0.15, -0.1) is 0 Å². The van der Waals surface area contributed by atoms with Crippen LogP contribution in [0, 0.1) is 0 Å². The summed E-state index contributed by atoms with van der Waals surface area (Å²) in [5, 5.41) is 11.2. The third-order valence-corrected chi connectivity index (χ3v) is 5.51. The summed E-state index contributed by atoms with van der Waals surface area (Å²) < 4.78 is 44.6. The normalized spacial score (nSPS) is 12.1. The molecule has 1 aromatic heterocycles. The SMILES string of the molecule is CCCC[C@@H](Oc1ccc(C(=O)NCCC(=O)O)cc1)c1ccc(-c2ccc(C(F)(F)F)cc2)nc1. The fraction of sp³-hybridized carbons (Fsp3) is 0.296. The number of carboxylic acid groups (broad SMARTS) is 1. The van der Waals surface area contributed by atoms with Gasteiger partial charge in [-0.3, -0.25) is 14.6 Å². The number of alkyl halides is 3. The molecule has 1 amide bonds. The van der Waals surface area contributed by atoms with Gasteiger partial charge in [-0.25, -0.2) is 0 Å². The number of amides is 1. The minimum atomic E-state index is -4.39. The van der Waals surface area contributed by atoms with E-state index in [0.717, 1.165) is 37.0 Å². The number of aliphatic carboxylic acids is 1. The number of aromatic nitrogens is 1. The van der Waals surface area contributed by atoms with Crippen LogP contribution in [0.25, 0.3) is 11.3 Å². The van der Waals surface area contributed by atoms with Gasteiger partial charge in [0.05, 0.1) is 17.7 Å². The van der Waals surface area contributed by atoms with Gasteiger partial charge in [0.2, 0.25) is 0 Å². The van der Waals surface area contributed by atoms with Crippen LogP contribution in [-0.2, 0) is 11.0 Å². The van der Waals surface area contributed by atoms with Gasteiger partial charge in [0.15, 0.2) is 0 Å². The first-order valence-corrected chi connectivity index (χ1v) is 11.6. The van der Waals surface area contributed by atoms with Gasteiger partial charge < -0.3 is 15.2 Å². The van der Waals surface area contributed by atoms with E-state index >= 15 is 0 Å². The van der Waals surface area contributed by atoms with Crippen molar-refractivity contribution in [2.45, 2.75) is 44.9 Å². The monoisotopic (exact) mass is 500 g/mol. The first-order chi connectivity index (χ1) is 17.2. The third kappa shape index (κ3) is 7.56. The van der Waals surface area contributed by atoms with E-state index in [-0.39, 0.29) is 25.0 Å².